The van der Waals surface area contributed by atoms with E-state index in [-0.39, 0.29) is 23.9 Å². The predicted molar refractivity (Wildman–Crippen MR) is 163 cm³/mol. The maximum atomic E-state index is 13.6. The number of amides is 1. The monoisotopic (exact) mass is 623 g/mol. The van der Waals surface area contributed by atoms with Gasteiger partial charge in [-0.15, -0.1) is 0 Å². The molecule has 1 saturated heterocycles. The third-order valence-corrected chi connectivity index (χ3v) is 8.00. The second-order valence-corrected chi connectivity index (χ2v) is 10.8. The summed E-state index contributed by atoms with van der Waals surface area (Å²) in [6, 6.07) is 13.0. The Hall–Kier alpha value is -5.25. The fraction of sp³-hybridized carbons (Fsp3) is 0.310. The average Bonchev–Trinajstić information content (AvgIpc) is 3.02. The largest absolute Gasteiger partial charge is 0.471 e. The van der Waals surface area contributed by atoms with E-state index in [1.54, 1.807) is 0 Å². The number of nitro groups is 1. The lowest BCUT2D eigenvalue weighted by molar-refractivity contribution is -0.384. The number of aryl methyl sites for hydroxylation is 1. The van der Waals surface area contributed by atoms with Gasteiger partial charge in [-0.25, -0.2) is 4.98 Å². The molecular formula is C29H28F3N9O4. The summed E-state index contributed by atoms with van der Waals surface area (Å²) in [6.45, 7) is 3.11. The summed E-state index contributed by atoms with van der Waals surface area (Å²) in [7, 11) is 3.59. The minimum Gasteiger partial charge on any atom is -0.369 e. The van der Waals surface area contributed by atoms with Gasteiger partial charge in [0.15, 0.2) is 0 Å². The summed E-state index contributed by atoms with van der Waals surface area (Å²) in [5.74, 6) is -1.98. The lowest BCUT2D eigenvalue weighted by Crippen LogP contribution is -2.49. The lowest BCUT2D eigenvalue weighted by atomic mass is 10.1. The van der Waals surface area contributed by atoms with Gasteiger partial charge in [0.1, 0.15) is 17.0 Å². The van der Waals surface area contributed by atoms with Crippen molar-refractivity contribution in [3.8, 4) is 0 Å². The Balaban J connectivity index is 1.31. The van der Waals surface area contributed by atoms with Crippen molar-refractivity contribution in [2.24, 2.45) is 7.05 Å². The molecule has 6 rings (SSSR count). The summed E-state index contributed by atoms with van der Waals surface area (Å²) in [5.41, 5.74) is 0.336. The minimum absolute atomic E-state index is 0.0367. The highest BCUT2D eigenvalue weighted by molar-refractivity contribution is 6.04. The van der Waals surface area contributed by atoms with Crippen molar-refractivity contribution in [3.05, 3.63) is 75.2 Å². The van der Waals surface area contributed by atoms with Crippen molar-refractivity contribution in [2.45, 2.75) is 6.18 Å². The zero-order chi connectivity index (χ0) is 32.0. The van der Waals surface area contributed by atoms with Gasteiger partial charge < -0.3 is 20.0 Å². The molecule has 0 saturated carbocycles. The van der Waals surface area contributed by atoms with Crippen LogP contribution in [0.3, 0.4) is 0 Å². The van der Waals surface area contributed by atoms with Crippen LogP contribution in [0.5, 0.6) is 0 Å². The van der Waals surface area contributed by atoms with Crippen LogP contribution in [0.4, 0.5) is 53.2 Å². The highest BCUT2D eigenvalue weighted by Crippen LogP contribution is 2.44. The van der Waals surface area contributed by atoms with Crippen molar-refractivity contribution in [2.75, 3.05) is 66.3 Å². The number of nitrogens with zero attached hydrogens (tertiary/aromatic N) is 8. The van der Waals surface area contributed by atoms with Crippen LogP contribution >= 0.6 is 0 Å². The smallest absolute Gasteiger partial charge is 0.369 e. The van der Waals surface area contributed by atoms with Crippen LogP contribution in [-0.2, 0) is 11.8 Å². The number of rotatable bonds is 5. The number of alkyl halides is 3. The number of pyridine rings is 1. The molecule has 16 heteroatoms. The van der Waals surface area contributed by atoms with E-state index in [1.807, 2.05) is 24.3 Å². The highest BCUT2D eigenvalue weighted by Gasteiger charge is 2.47. The van der Waals surface area contributed by atoms with Crippen molar-refractivity contribution >= 4 is 57.0 Å². The fourth-order valence-corrected chi connectivity index (χ4v) is 5.63. The van der Waals surface area contributed by atoms with Gasteiger partial charge in [-0.2, -0.15) is 18.2 Å². The van der Waals surface area contributed by atoms with Gasteiger partial charge in [0.2, 0.25) is 5.95 Å². The number of aromatic nitrogens is 3. The van der Waals surface area contributed by atoms with Crippen molar-refractivity contribution in [3.63, 3.8) is 0 Å². The molecule has 0 unspecified atom stereocenters. The molecule has 2 aliphatic heterocycles. The highest BCUT2D eigenvalue weighted by atomic mass is 19.4. The summed E-state index contributed by atoms with van der Waals surface area (Å²) in [5, 5.41) is 15.4. The van der Waals surface area contributed by atoms with Crippen molar-refractivity contribution in [1.29, 1.82) is 0 Å². The number of hydrogen-bond acceptors (Lipinski definition) is 10. The van der Waals surface area contributed by atoms with E-state index in [9.17, 15) is 32.9 Å². The van der Waals surface area contributed by atoms with Crippen LogP contribution in [-0.4, -0.2) is 82.8 Å². The second-order valence-electron chi connectivity index (χ2n) is 10.8. The van der Waals surface area contributed by atoms with Gasteiger partial charge in [0.25, 0.3) is 11.2 Å². The Morgan fingerprint density at radius 1 is 0.978 bits per heavy atom. The molecule has 2 aromatic carbocycles. The third-order valence-electron chi connectivity index (χ3n) is 8.00. The molecule has 1 fully saturated rings. The Labute approximate surface area is 254 Å². The van der Waals surface area contributed by atoms with E-state index in [2.05, 4.69) is 32.1 Å². The molecule has 4 heterocycles. The molecule has 4 aromatic rings. The number of halogens is 3. The molecule has 45 heavy (non-hydrogen) atoms. The van der Waals surface area contributed by atoms with Gasteiger partial charge >= 0.3 is 12.1 Å². The Morgan fingerprint density at radius 3 is 2.36 bits per heavy atom. The van der Waals surface area contributed by atoms with Crippen LogP contribution in [0, 0.1) is 10.1 Å². The number of carbonyl (C=O) groups is 1. The zero-order valence-electron chi connectivity index (χ0n) is 24.3. The SMILES string of the molecule is CN1CCN(c2ccc(Nc3ncc4cc(N5CCN(C(=O)C(F)(F)F)c6c5cccc6[N+](=O)[O-])c(=O)n(C)c4n3)cc2)CC1. The zero-order valence-corrected chi connectivity index (χ0v) is 24.3. The number of piperazine rings is 1. The Morgan fingerprint density at radius 2 is 1.69 bits per heavy atom. The lowest BCUT2D eigenvalue weighted by Gasteiger charge is -2.37. The fourth-order valence-electron chi connectivity index (χ4n) is 5.63. The number of fused-ring (bicyclic) bond motifs is 2. The molecule has 1 N–H and O–H groups in total. The number of nitro benzene ring substituents is 1. The molecule has 0 atom stereocenters. The number of carbonyl (C=O) groups excluding carboxylic acids is 1. The summed E-state index contributed by atoms with van der Waals surface area (Å²) in [6.07, 6.45) is -3.75. The van der Waals surface area contributed by atoms with E-state index < -0.39 is 40.5 Å². The second kappa shape index (κ2) is 11.4. The molecule has 2 aromatic heterocycles. The molecule has 0 aliphatic carbocycles. The molecule has 1 amide bonds. The van der Waals surface area contributed by atoms with E-state index in [4.69, 9.17) is 0 Å². The van der Waals surface area contributed by atoms with E-state index in [1.165, 1.54) is 40.9 Å². The molecule has 0 spiro atoms. The van der Waals surface area contributed by atoms with Gasteiger partial charge in [0.05, 0.1) is 10.6 Å². The molecular weight excluding hydrogens is 595 g/mol. The Bertz CT molecular complexity index is 1860. The van der Waals surface area contributed by atoms with Crippen molar-refractivity contribution < 1.29 is 22.9 Å². The quantitative estimate of drug-likeness (QED) is 0.259. The van der Waals surface area contributed by atoms with E-state index in [0.717, 1.165) is 43.6 Å². The maximum Gasteiger partial charge on any atom is 0.471 e. The normalized spacial score (nSPS) is 15.7. The van der Waals surface area contributed by atoms with Gasteiger partial charge in [-0.1, -0.05) is 6.07 Å². The first-order valence-electron chi connectivity index (χ1n) is 14.0. The van der Waals surface area contributed by atoms with Crippen LogP contribution in [0.25, 0.3) is 11.0 Å². The molecule has 13 nitrogen and oxygen atoms in total. The van der Waals surface area contributed by atoms with Gasteiger partial charge in [-0.3, -0.25) is 29.2 Å². The number of para-hydroxylation sites is 1. The first-order valence-corrected chi connectivity index (χ1v) is 14.0. The number of benzene rings is 2. The maximum absolute atomic E-state index is 13.6. The molecule has 2 aliphatic rings. The number of likely N-dealkylation sites (N-methyl/N-ethyl adjacent to an activating group) is 1. The topological polar surface area (TPSA) is 133 Å². The molecule has 234 valence electrons. The van der Waals surface area contributed by atoms with E-state index >= 15 is 0 Å². The Kier molecular flexibility index (Phi) is 7.52. The van der Waals surface area contributed by atoms with Crippen LogP contribution in [0.1, 0.15) is 0 Å². The summed E-state index contributed by atoms with van der Waals surface area (Å²) >= 11 is 0. The predicted octanol–water partition coefficient (Wildman–Crippen LogP) is 3.78. The summed E-state index contributed by atoms with van der Waals surface area (Å²) < 4.78 is 41.5. The third kappa shape index (κ3) is 5.59. The average molecular weight is 624 g/mol. The standard InChI is InChI=1S/C29H28F3N9O4/c1-36-10-12-38(13-11-36)20-8-6-19(7-9-20)34-28-33-17-18-16-23(26(42)37(2)25(18)35-28)39-14-15-40(27(43)29(30,31)32)24-21(39)4-3-5-22(24)41(44)45/h3-9,16-17H,10-15H2,1-2H3,(H,33,34,35). The number of anilines is 6. The first-order chi connectivity index (χ1) is 21.4. The van der Waals surface area contributed by atoms with Crippen LogP contribution < -0.4 is 25.6 Å². The van der Waals surface area contributed by atoms with E-state index in [0.29, 0.717) is 15.9 Å². The van der Waals surface area contributed by atoms with Crippen LogP contribution in [0.15, 0.2) is 59.5 Å². The first kappa shape index (κ1) is 29.8. The minimum atomic E-state index is -5.25. The molecule has 0 radical (unpaired) electrons. The van der Waals surface area contributed by atoms with Gasteiger partial charge in [0, 0.05) is 75.3 Å². The van der Waals surface area contributed by atoms with Crippen LogP contribution in [0.2, 0.25) is 0 Å². The number of hydrogen-bond donors (Lipinski definition) is 1. The molecule has 0 bridgehead atoms. The number of nitrogens with one attached hydrogen (secondary N) is 1. The van der Waals surface area contributed by atoms with Gasteiger partial charge in [-0.05, 0) is 43.4 Å². The summed E-state index contributed by atoms with van der Waals surface area (Å²) in [4.78, 5) is 52.0. The van der Waals surface area contributed by atoms with Crippen molar-refractivity contribution in [1.82, 2.24) is 19.4 Å².